The molecule has 1 fully saturated rings. The molecule has 0 saturated carbocycles. The van der Waals surface area contributed by atoms with Gasteiger partial charge in [-0.15, -0.1) is 0 Å². The minimum absolute atomic E-state index is 0.0665. The van der Waals surface area contributed by atoms with E-state index in [0.717, 1.165) is 31.9 Å². The number of phenolic OH excluding ortho intramolecular Hbond substituents is 1. The fraction of sp³-hybridized carbons (Fsp3) is 0.381. The van der Waals surface area contributed by atoms with Crippen molar-refractivity contribution in [2.24, 2.45) is 0 Å². The van der Waals surface area contributed by atoms with Crippen molar-refractivity contribution >= 4 is 17.3 Å². The van der Waals surface area contributed by atoms with Crippen LogP contribution in [-0.4, -0.2) is 62.4 Å². The molecule has 0 spiro atoms. The molecular weight excluding hydrogens is 358 g/mol. The zero-order chi connectivity index (χ0) is 20.1. The maximum atomic E-state index is 12.7. The average molecular weight is 385 g/mol. The van der Waals surface area contributed by atoms with Gasteiger partial charge in [-0.25, -0.2) is 0 Å². The molecule has 2 aromatic rings. The van der Waals surface area contributed by atoms with Crippen molar-refractivity contribution in [3.8, 4) is 17.2 Å². The molecule has 2 N–H and O–H groups in total. The largest absolute Gasteiger partial charge is 0.506 e. The lowest BCUT2D eigenvalue weighted by molar-refractivity contribution is -0.120. The van der Waals surface area contributed by atoms with Crippen LogP contribution in [-0.2, 0) is 4.79 Å². The Morgan fingerprint density at radius 2 is 1.71 bits per heavy atom. The smallest absolute Gasteiger partial charge is 0.241 e. The Hall–Kier alpha value is -2.93. The van der Waals surface area contributed by atoms with Gasteiger partial charge in [0.2, 0.25) is 5.91 Å². The number of phenols is 1. The van der Waals surface area contributed by atoms with Crippen molar-refractivity contribution in [1.29, 1.82) is 0 Å². The molecular formula is C21H27N3O4. The Balaban J connectivity index is 1.58. The van der Waals surface area contributed by atoms with Crippen LogP contribution in [0.25, 0.3) is 0 Å². The van der Waals surface area contributed by atoms with Crippen LogP contribution in [0.1, 0.15) is 6.92 Å². The number of anilines is 2. The van der Waals surface area contributed by atoms with Crippen molar-refractivity contribution in [2.75, 3.05) is 50.6 Å². The first-order chi connectivity index (χ1) is 13.5. The number of nitrogens with one attached hydrogen (secondary N) is 1. The minimum atomic E-state index is -0.264. The lowest BCUT2D eigenvalue weighted by atomic mass is 10.2. The molecule has 0 bridgehead atoms. The van der Waals surface area contributed by atoms with E-state index in [0.29, 0.717) is 17.2 Å². The molecule has 28 heavy (non-hydrogen) atoms. The minimum Gasteiger partial charge on any atom is -0.506 e. The maximum absolute atomic E-state index is 12.7. The van der Waals surface area contributed by atoms with Crippen LogP contribution in [0, 0.1) is 0 Å². The lowest BCUT2D eigenvalue weighted by Gasteiger charge is -2.38. The number of aromatic hydroxyl groups is 1. The fourth-order valence-electron chi connectivity index (χ4n) is 3.41. The molecule has 0 aliphatic carbocycles. The maximum Gasteiger partial charge on any atom is 0.241 e. The number of ether oxygens (including phenoxy) is 2. The molecule has 7 heteroatoms. The van der Waals surface area contributed by atoms with Gasteiger partial charge < -0.3 is 24.8 Å². The topological polar surface area (TPSA) is 74.3 Å². The van der Waals surface area contributed by atoms with Gasteiger partial charge in [-0.1, -0.05) is 12.1 Å². The monoisotopic (exact) mass is 385 g/mol. The van der Waals surface area contributed by atoms with Crippen molar-refractivity contribution in [1.82, 2.24) is 4.90 Å². The van der Waals surface area contributed by atoms with E-state index in [9.17, 15) is 9.90 Å². The van der Waals surface area contributed by atoms with E-state index in [1.54, 1.807) is 38.5 Å². The Labute approximate surface area is 165 Å². The number of carbonyl (C=O) groups excluding carboxylic acids is 1. The number of carbonyl (C=O) groups is 1. The second-order valence-corrected chi connectivity index (χ2v) is 6.75. The number of nitrogens with zero attached hydrogens (tertiary/aromatic N) is 2. The summed E-state index contributed by atoms with van der Waals surface area (Å²) in [6, 6.07) is 12.4. The summed E-state index contributed by atoms with van der Waals surface area (Å²) in [4.78, 5) is 17.0. The molecule has 1 aliphatic heterocycles. The van der Waals surface area contributed by atoms with E-state index in [-0.39, 0.29) is 17.7 Å². The van der Waals surface area contributed by atoms with E-state index < -0.39 is 0 Å². The first-order valence-corrected chi connectivity index (χ1v) is 9.33. The van der Waals surface area contributed by atoms with Gasteiger partial charge >= 0.3 is 0 Å². The number of hydrogen-bond donors (Lipinski definition) is 2. The molecule has 1 aliphatic rings. The molecule has 2 aromatic carbocycles. The van der Waals surface area contributed by atoms with Crippen molar-refractivity contribution in [3.63, 3.8) is 0 Å². The molecule has 150 valence electrons. The summed E-state index contributed by atoms with van der Waals surface area (Å²) in [5.74, 6) is 1.41. The Morgan fingerprint density at radius 3 is 2.36 bits per heavy atom. The van der Waals surface area contributed by atoms with Crippen molar-refractivity contribution < 1.29 is 19.4 Å². The van der Waals surface area contributed by atoms with Crippen LogP contribution >= 0.6 is 0 Å². The Kier molecular flexibility index (Phi) is 6.26. The summed E-state index contributed by atoms with van der Waals surface area (Å²) in [5.41, 5.74) is 1.51. The standard InChI is InChI=1S/C21H27N3O4/c1-15(21(26)22-16-8-9-19(27-2)20(14-16)28-3)23-10-12-24(13-11-23)17-6-4-5-7-18(17)25/h4-9,14-15,25H,10-13H2,1-3H3,(H,22,26). The number of benzene rings is 2. The Bertz CT molecular complexity index is 819. The summed E-state index contributed by atoms with van der Waals surface area (Å²) >= 11 is 0. The zero-order valence-corrected chi connectivity index (χ0v) is 16.5. The third-order valence-electron chi connectivity index (χ3n) is 5.11. The Morgan fingerprint density at radius 1 is 1.04 bits per heavy atom. The van der Waals surface area contributed by atoms with Crippen LogP contribution in [0.3, 0.4) is 0 Å². The molecule has 1 saturated heterocycles. The normalized spacial score (nSPS) is 15.8. The molecule has 1 amide bonds. The summed E-state index contributed by atoms with van der Waals surface area (Å²) < 4.78 is 10.5. The second-order valence-electron chi connectivity index (χ2n) is 6.75. The number of methoxy groups -OCH3 is 2. The highest BCUT2D eigenvalue weighted by atomic mass is 16.5. The van der Waals surface area contributed by atoms with E-state index in [1.807, 2.05) is 25.1 Å². The van der Waals surface area contributed by atoms with Gasteiger partial charge in [-0.3, -0.25) is 9.69 Å². The molecule has 0 aromatic heterocycles. The highest BCUT2D eigenvalue weighted by Crippen LogP contribution is 2.30. The molecule has 1 unspecified atom stereocenters. The van der Waals surface area contributed by atoms with Gasteiger partial charge in [0.15, 0.2) is 11.5 Å². The summed E-state index contributed by atoms with van der Waals surface area (Å²) in [7, 11) is 3.14. The predicted molar refractivity (Wildman–Crippen MR) is 110 cm³/mol. The SMILES string of the molecule is COc1ccc(NC(=O)C(C)N2CCN(c3ccccc3O)CC2)cc1OC. The van der Waals surface area contributed by atoms with Crippen LogP contribution < -0.4 is 19.7 Å². The predicted octanol–water partition coefficient (Wildman–Crippen LogP) is 2.56. The highest BCUT2D eigenvalue weighted by molar-refractivity contribution is 5.94. The number of rotatable bonds is 6. The van der Waals surface area contributed by atoms with E-state index >= 15 is 0 Å². The first kappa shape index (κ1) is 19.8. The van der Waals surface area contributed by atoms with Crippen LogP contribution in [0.2, 0.25) is 0 Å². The van der Waals surface area contributed by atoms with Gasteiger partial charge in [-0.05, 0) is 31.2 Å². The summed E-state index contributed by atoms with van der Waals surface area (Å²) in [6.07, 6.45) is 0. The van der Waals surface area contributed by atoms with Gasteiger partial charge in [0.05, 0.1) is 25.9 Å². The molecule has 1 heterocycles. The average Bonchev–Trinajstić information content (AvgIpc) is 2.73. The summed E-state index contributed by atoms with van der Waals surface area (Å²) in [5, 5.41) is 13.0. The number of hydrogen-bond acceptors (Lipinski definition) is 6. The third kappa shape index (κ3) is 4.31. The van der Waals surface area contributed by atoms with Crippen LogP contribution in [0.4, 0.5) is 11.4 Å². The molecule has 0 radical (unpaired) electrons. The molecule has 3 rings (SSSR count). The molecule has 1 atom stereocenters. The van der Waals surface area contributed by atoms with Crippen molar-refractivity contribution in [2.45, 2.75) is 13.0 Å². The van der Waals surface area contributed by atoms with Gasteiger partial charge in [0.25, 0.3) is 0 Å². The zero-order valence-electron chi connectivity index (χ0n) is 16.5. The van der Waals surface area contributed by atoms with E-state index in [4.69, 9.17) is 9.47 Å². The molecule has 7 nitrogen and oxygen atoms in total. The van der Waals surface area contributed by atoms with Gasteiger partial charge in [0, 0.05) is 37.9 Å². The fourth-order valence-corrected chi connectivity index (χ4v) is 3.41. The quantitative estimate of drug-likeness (QED) is 0.796. The van der Waals surface area contributed by atoms with Crippen LogP contribution in [0.15, 0.2) is 42.5 Å². The summed E-state index contributed by atoms with van der Waals surface area (Å²) in [6.45, 7) is 4.91. The van der Waals surface area contributed by atoms with Gasteiger partial charge in [0.1, 0.15) is 5.75 Å². The number of piperazine rings is 1. The van der Waals surface area contributed by atoms with Gasteiger partial charge in [-0.2, -0.15) is 0 Å². The first-order valence-electron chi connectivity index (χ1n) is 9.33. The highest BCUT2D eigenvalue weighted by Gasteiger charge is 2.26. The number of amides is 1. The number of para-hydroxylation sites is 2. The van der Waals surface area contributed by atoms with E-state index in [1.165, 1.54) is 0 Å². The van der Waals surface area contributed by atoms with E-state index in [2.05, 4.69) is 15.1 Å². The lowest BCUT2D eigenvalue weighted by Crippen LogP contribution is -2.52. The second kappa shape index (κ2) is 8.84. The van der Waals surface area contributed by atoms with Crippen molar-refractivity contribution in [3.05, 3.63) is 42.5 Å². The van der Waals surface area contributed by atoms with Crippen LogP contribution in [0.5, 0.6) is 17.2 Å². The third-order valence-corrected chi connectivity index (χ3v) is 5.11.